The first-order valence-corrected chi connectivity index (χ1v) is 8.56. The van der Waals surface area contributed by atoms with Crippen LogP contribution in [0.15, 0.2) is 60.5 Å². The van der Waals surface area contributed by atoms with E-state index in [2.05, 4.69) is 12.6 Å². The maximum Gasteiger partial charge on any atom is 0.205 e. The number of allylic oxidation sites excluding steroid dienone is 1. The summed E-state index contributed by atoms with van der Waals surface area (Å²) in [7, 11) is 0. The number of nitrogen functional groups attached to an aromatic ring is 1. The van der Waals surface area contributed by atoms with Crippen LogP contribution in [0.25, 0.3) is 0 Å². The quantitative estimate of drug-likeness (QED) is 0.602. The fourth-order valence-corrected chi connectivity index (χ4v) is 3.06. The van der Waals surface area contributed by atoms with Crippen molar-refractivity contribution in [1.82, 2.24) is 0 Å². The highest BCUT2D eigenvalue weighted by atomic mass is 16.5. The lowest BCUT2D eigenvalue weighted by atomic mass is 9.83. The summed E-state index contributed by atoms with van der Waals surface area (Å²) >= 11 is 0. The van der Waals surface area contributed by atoms with E-state index < -0.39 is 0 Å². The van der Waals surface area contributed by atoms with E-state index in [0.717, 1.165) is 11.1 Å². The van der Waals surface area contributed by atoms with Crippen LogP contribution in [0.1, 0.15) is 24.0 Å². The predicted octanol–water partition coefficient (Wildman–Crippen LogP) is 3.45. The number of rotatable bonds is 6. The molecule has 0 fully saturated rings. The molecule has 0 radical (unpaired) electrons. The van der Waals surface area contributed by atoms with Gasteiger partial charge in [-0.2, -0.15) is 5.26 Å². The van der Waals surface area contributed by atoms with Crippen LogP contribution >= 0.6 is 0 Å². The third-order valence-corrected chi connectivity index (χ3v) is 4.20. The number of benzene rings is 2. The number of anilines is 1. The van der Waals surface area contributed by atoms with E-state index in [4.69, 9.17) is 25.7 Å². The van der Waals surface area contributed by atoms with Crippen molar-refractivity contribution in [2.45, 2.75) is 12.8 Å². The predicted molar refractivity (Wildman–Crippen MR) is 103 cm³/mol. The maximum absolute atomic E-state index is 9.66. The number of nitrogens with zero attached hydrogens (tertiary/aromatic N) is 1. The highest BCUT2D eigenvalue weighted by Crippen LogP contribution is 2.44. The number of hydrogen-bond donors (Lipinski definition) is 2. The normalized spacial score (nSPS) is 15.3. The van der Waals surface area contributed by atoms with Gasteiger partial charge in [0.25, 0.3) is 0 Å². The van der Waals surface area contributed by atoms with Crippen molar-refractivity contribution in [3.63, 3.8) is 0 Å². The van der Waals surface area contributed by atoms with Crippen molar-refractivity contribution >= 4 is 5.69 Å². The van der Waals surface area contributed by atoms with Crippen molar-refractivity contribution in [1.29, 1.82) is 5.26 Å². The third-order valence-electron chi connectivity index (χ3n) is 4.20. The molecule has 3 rings (SSSR count). The van der Waals surface area contributed by atoms with Crippen LogP contribution < -0.4 is 25.7 Å². The molecule has 0 aliphatic carbocycles. The molecule has 6 heteroatoms. The van der Waals surface area contributed by atoms with E-state index in [0.29, 0.717) is 41.7 Å². The van der Waals surface area contributed by atoms with Gasteiger partial charge in [-0.1, -0.05) is 24.8 Å². The SMILES string of the molecule is C=CCOc1ccc([C@@H]2C(C#N)=C(N)Oc3cc(N)ccc32)cc1OCC. The van der Waals surface area contributed by atoms with Crippen molar-refractivity contribution < 1.29 is 14.2 Å². The Morgan fingerprint density at radius 1 is 1.19 bits per heavy atom. The zero-order valence-corrected chi connectivity index (χ0v) is 15.1. The lowest BCUT2D eigenvalue weighted by Gasteiger charge is -2.27. The van der Waals surface area contributed by atoms with Crippen molar-refractivity contribution in [3.05, 3.63) is 71.6 Å². The minimum atomic E-state index is -0.382. The Kier molecular flexibility index (Phi) is 5.23. The van der Waals surface area contributed by atoms with E-state index in [-0.39, 0.29) is 11.8 Å². The van der Waals surface area contributed by atoms with Crippen LogP contribution in [0.2, 0.25) is 0 Å². The Balaban J connectivity index is 2.12. The summed E-state index contributed by atoms with van der Waals surface area (Å²) < 4.78 is 17.0. The number of ether oxygens (including phenoxy) is 3. The summed E-state index contributed by atoms with van der Waals surface area (Å²) in [5, 5.41) is 9.66. The fourth-order valence-electron chi connectivity index (χ4n) is 3.06. The summed E-state index contributed by atoms with van der Waals surface area (Å²) in [6, 6.07) is 13.1. The molecule has 0 saturated carbocycles. The highest BCUT2D eigenvalue weighted by Gasteiger charge is 2.31. The molecule has 0 unspecified atom stereocenters. The molecule has 1 aliphatic heterocycles. The van der Waals surface area contributed by atoms with Crippen molar-refractivity contribution in [3.8, 4) is 23.3 Å². The molecule has 6 nitrogen and oxygen atoms in total. The molecule has 1 heterocycles. The van der Waals surface area contributed by atoms with Crippen molar-refractivity contribution in [2.75, 3.05) is 18.9 Å². The molecule has 2 aromatic rings. The fraction of sp³-hybridized carbons (Fsp3) is 0.190. The summed E-state index contributed by atoms with van der Waals surface area (Å²) in [4.78, 5) is 0. The Bertz CT molecular complexity index is 944. The van der Waals surface area contributed by atoms with E-state index in [1.807, 2.05) is 31.2 Å². The Morgan fingerprint density at radius 2 is 2.00 bits per heavy atom. The Hall–Kier alpha value is -3.59. The van der Waals surface area contributed by atoms with Gasteiger partial charge in [0.05, 0.1) is 12.5 Å². The van der Waals surface area contributed by atoms with Gasteiger partial charge in [-0.15, -0.1) is 0 Å². The lowest BCUT2D eigenvalue weighted by Crippen LogP contribution is -2.21. The van der Waals surface area contributed by atoms with E-state index in [1.54, 1.807) is 18.2 Å². The summed E-state index contributed by atoms with van der Waals surface area (Å²) in [5.74, 6) is 1.44. The van der Waals surface area contributed by atoms with Crippen LogP contribution in [0, 0.1) is 11.3 Å². The monoisotopic (exact) mass is 363 g/mol. The van der Waals surface area contributed by atoms with Gasteiger partial charge in [0.1, 0.15) is 24.0 Å². The molecule has 4 N–H and O–H groups in total. The zero-order valence-electron chi connectivity index (χ0n) is 15.1. The van der Waals surface area contributed by atoms with Gasteiger partial charge in [-0.05, 0) is 30.7 Å². The van der Waals surface area contributed by atoms with Crippen LogP contribution in [0.5, 0.6) is 17.2 Å². The molecule has 1 aliphatic rings. The first kappa shape index (κ1) is 18.2. The van der Waals surface area contributed by atoms with E-state index in [9.17, 15) is 5.26 Å². The standard InChI is InChI=1S/C21H21N3O3/c1-3-9-26-17-8-5-13(10-19(17)25-4-2)20-15-7-6-14(23)11-18(15)27-21(24)16(20)12-22/h3,5-8,10-11,20H,1,4,9,23-24H2,2H3/t20-/m0/s1. The second-order valence-electron chi connectivity index (χ2n) is 5.96. The molecule has 0 amide bonds. The van der Waals surface area contributed by atoms with Crippen LogP contribution in [-0.4, -0.2) is 13.2 Å². The topological polar surface area (TPSA) is 104 Å². The second-order valence-corrected chi connectivity index (χ2v) is 5.96. The van der Waals surface area contributed by atoms with Gasteiger partial charge in [0, 0.05) is 17.3 Å². The molecule has 27 heavy (non-hydrogen) atoms. The molecule has 0 bridgehead atoms. The molecule has 0 saturated heterocycles. The van der Waals surface area contributed by atoms with Gasteiger partial charge in [0.15, 0.2) is 11.5 Å². The summed E-state index contributed by atoms with van der Waals surface area (Å²) in [6.07, 6.45) is 1.67. The van der Waals surface area contributed by atoms with Crippen LogP contribution in [-0.2, 0) is 0 Å². The minimum Gasteiger partial charge on any atom is -0.490 e. The Labute approximate surface area is 158 Å². The number of hydrogen-bond acceptors (Lipinski definition) is 6. The first-order chi connectivity index (χ1) is 13.1. The van der Waals surface area contributed by atoms with Gasteiger partial charge >= 0.3 is 0 Å². The van der Waals surface area contributed by atoms with Gasteiger partial charge in [-0.3, -0.25) is 0 Å². The average Bonchev–Trinajstić information content (AvgIpc) is 2.66. The highest BCUT2D eigenvalue weighted by molar-refractivity contribution is 5.60. The van der Waals surface area contributed by atoms with Gasteiger partial charge in [-0.25, -0.2) is 0 Å². The number of nitriles is 1. The molecule has 1 atom stereocenters. The zero-order chi connectivity index (χ0) is 19.4. The molecule has 2 aromatic carbocycles. The summed E-state index contributed by atoms with van der Waals surface area (Å²) in [6.45, 7) is 6.41. The molecule has 138 valence electrons. The maximum atomic E-state index is 9.66. The molecular weight excluding hydrogens is 342 g/mol. The molecular formula is C21H21N3O3. The summed E-state index contributed by atoms with van der Waals surface area (Å²) in [5.41, 5.74) is 14.4. The third kappa shape index (κ3) is 3.53. The number of nitrogens with two attached hydrogens (primary N) is 2. The van der Waals surface area contributed by atoms with E-state index in [1.165, 1.54) is 0 Å². The second kappa shape index (κ2) is 7.75. The smallest absolute Gasteiger partial charge is 0.205 e. The van der Waals surface area contributed by atoms with Gasteiger partial charge in [0.2, 0.25) is 5.88 Å². The Morgan fingerprint density at radius 3 is 2.70 bits per heavy atom. The minimum absolute atomic E-state index is 0.0746. The molecule has 0 aromatic heterocycles. The average molecular weight is 363 g/mol. The first-order valence-electron chi connectivity index (χ1n) is 8.56. The molecule has 0 spiro atoms. The van der Waals surface area contributed by atoms with E-state index >= 15 is 0 Å². The van der Waals surface area contributed by atoms with Crippen LogP contribution in [0.3, 0.4) is 0 Å². The number of fused-ring (bicyclic) bond motifs is 1. The van der Waals surface area contributed by atoms with Crippen molar-refractivity contribution in [2.24, 2.45) is 5.73 Å². The van der Waals surface area contributed by atoms with Crippen LogP contribution in [0.4, 0.5) is 5.69 Å². The largest absolute Gasteiger partial charge is 0.490 e. The van der Waals surface area contributed by atoms with Gasteiger partial charge < -0.3 is 25.7 Å². The lowest BCUT2D eigenvalue weighted by molar-refractivity contribution is 0.296.